The molecule has 0 bridgehead atoms. The van der Waals surface area contributed by atoms with Gasteiger partial charge in [0.05, 0.1) is 0 Å². The fourth-order valence-electron chi connectivity index (χ4n) is 5.04. The number of carbonyl (C=O) groups is 1. The van der Waals surface area contributed by atoms with E-state index in [1.165, 1.54) is 34.7 Å². The number of halogens is 4. The SMILES string of the molecule is O=C(N(CCC1CCN(Cc2ccccc2)CC1)c1ccc(OC(F)(F)F)cc1)C1(F)CCNCC1. The van der Waals surface area contributed by atoms with Crippen LogP contribution in [-0.2, 0) is 11.3 Å². The van der Waals surface area contributed by atoms with E-state index in [-0.39, 0.29) is 18.6 Å². The molecule has 36 heavy (non-hydrogen) atoms. The lowest BCUT2D eigenvalue weighted by Crippen LogP contribution is -2.52. The Kier molecular flexibility index (Phi) is 8.51. The zero-order chi connectivity index (χ0) is 25.6. The first-order valence-corrected chi connectivity index (χ1v) is 12.6. The molecule has 2 aliphatic rings. The standard InChI is InChI=1S/C27H33F4N3O2/c28-26(13-15-32-16-14-26)25(35)34(23-6-8-24(9-7-23)36-27(29,30)31)19-12-21-10-17-33(18-11-21)20-22-4-2-1-3-5-22/h1-9,21,32H,10-20H2. The van der Waals surface area contributed by atoms with Gasteiger partial charge in [-0.15, -0.1) is 13.2 Å². The first-order valence-electron chi connectivity index (χ1n) is 12.6. The summed E-state index contributed by atoms with van der Waals surface area (Å²) in [4.78, 5) is 17.2. The molecule has 2 aromatic rings. The Balaban J connectivity index is 1.40. The number of hydrogen-bond donors (Lipinski definition) is 1. The Hall–Kier alpha value is -2.65. The zero-order valence-corrected chi connectivity index (χ0v) is 20.3. The van der Waals surface area contributed by atoms with Crippen LogP contribution in [0.4, 0.5) is 23.2 Å². The van der Waals surface area contributed by atoms with Crippen LogP contribution in [-0.4, -0.2) is 55.6 Å². The maximum absolute atomic E-state index is 15.6. The summed E-state index contributed by atoms with van der Waals surface area (Å²) in [6, 6.07) is 15.4. The summed E-state index contributed by atoms with van der Waals surface area (Å²) in [5.41, 5.74) is -0.321. The average molecular weight is 508 g/mol. The van der Waals surface area contributed by atoms with E-state index in [0.29, 0.717) is 37.7 Å². The van der Waals surface area contributed by atoms with Crippen molar-refractivity contribution >= 4 is 11.6 Å². The lowest BCUT2D eigenvalue weighted by molar-refractivity contribution is -0.274. The Bertz CT molecular complexity index is 971. The highest BCUT2D eigenvalue weighted by Crippen LogP contribution is 2.32. The van der Waals surface area contributed by atoms with Crippen LogP contribution in [0.15, 0.2) is 54.6 Å². The molecule has 1 N–H and O–H groups in total. The normalized spacial score (nSPS) is 19.1. The molecule has 196 valence electrons. The van der Waals surface area contributed by atoms with Crippen LogP contribution in [0.1, 0.15) is 37.7 Å². The molecule has 4 rings (SSSR count). The van der Waals surface area contributed by atoms with Gasteiger partial charge in [-0.05, 0) is 81.2 Å². The van der Waals surface area contributed by atoms with Crippen molar-refractivity contribution in [3.63, 3.8) is 0 Å². The van der Waals surface area contributed by atoms with Gasteiger partial charge < -0.3 is 15.0 Å². The van der Waals surface area contributed by atoms with Crippen LogP contribution in [0, 0.1) is 5.92 Å². The zero-order valence-electron chi connectivity index (χ0n) is 20.3. The molecule has 2 saturated heterocycles. The summed E-state index contributed by atoms with van der Waals surface area (Å²) in [6.07, 6.45) is -1.97. The monoisotopic (exact) mass is 507 g/mol. The van der Waals surface area contributed by atoms with E-state index >= 15 is 4.39 Å². The van der Waals surface area contributed by atoms with Gasteiger partial charge in [-0.3, -0.25) is 9.69 Å². The average Bonchev–Trinajstić information content (AvgIpc) is 2.86. The Morgan fingerprint density at radius 3 is 2.28 bits per heavy atom. The lowest BCUT2D eigenvalue weighted by atomic mass is 9.90. The minimum absolute atomic E-state index is 0.0788. The number of alkyl halides is 4. The largest absolute Gasteiger partial charge is 0.573 e. The Morgan fingerprint density at radius 1 is 1.03 bits per heavy atom. The van der Waals surface area contributed by atoms with E-state index in [0.717, 1.165) is 32.5 Å². The first-order chi connectivity index (χ1) is 17.2. The molecule has 0 aliphatic carbocycles. The van der Waals surface area contributed by atoms with Crippen LogP contribution in [0.5, 0.6) is 5.75 Å². The molecule has 0 atom stereocenters. The smallest absolute Gasteiger partial charge is 0.406 e. The van der Waals surface area contributed by atoms with Crippen molar-refractivity contribution < 1.29 is 27.1 Å². The molecule has 2 aromatic carbocycles. The van der Waals surface area contributed by atoms with Gasteiger partial charge in [-0.25, -0.2) is 4.39 Å². The van der Waals surface area contributed by atoms with E-state index in [1.54, 1.807) is 0 Å². The van der Waals surface area contributed by atoms with Crippen LogP contribution in [0.2, 0.25) is 0 Å². The van der Waals surface area contributed by atoms with E-state index in [4.69, 9.17) is 0 Å². The van der Waals surface area contributed by atoms with Crippen molar-refractivity contribution in [3.8, 4) is 5.75 Å². The number of benzene rings is 2. The molecule has 2 aliphatic heterocycles. The van der Waals surface area contributed by atoms with E-state index in [1.807, 2.05) is 18.2 Å². The fourth-order valence-corrected chi connectivity index (χ4v) is 5.04. The summed E-state index contributed by atoms with van der Waals surface area (Å²) in [5.74, 6) is -0.597. The molecule has 0 aromatic heterocycles. The predicted octanol–water partition coefficient (Wildman–Crippen LogP) is 5.31. The summed E-state index contributed by atoms with van der Waals surface area (Å²) in [6.45, 7) is 3.96. The lowest BCUT2D eigenvalue weighted by Gasteiger charge is -2.36. The predicted molar refractivity (Wildman–Crippen MR) is 130 cm³/mol. The third-order valence-corrected chi connectivity index (χ3v) is 7.12. The topological polar surface area (TPSA) is 44.8 Å². The molecule has 2 fully saturated rings. The van der Waals surface area contributed by atoms with E-state index < -0.39 is 17.9 Å². The highest BCUT2D eigenvalue weighted by Gasteiger charge is 2.43. The molecule has 0 spiro atoms. The summed E-state index contributed by atoms with van der Waals surface area (Å²) < 4.78 is 57.2. The highest BCUT2D eigenvalue weighted by molar-refractivity contribution is 5.99. The molecule has 1 amide bonds. The van der Waals surface area contributed by atoms with Gasteiger partial charge in [0.2, 0.25) is 0 Å². The number of carbonyl (C=O) groups excluding carboxylic acids is 1. The Labute approximate surface area is 209 Å². The van der Waals surface area contributed by atoms with Crippen molar-refractivity contribution in [1.29, 1.82) is 0 Å². The maximum Gasteiger partial charge on any atom is 0.573 e. The van der Waals surface area contributed by atoms with Gasteiger partial charge in [0.1, 0.15) is 5.75 Å². The first kappa shape index (κ1) is 26.4. The van der Waals surface area contributed by atoms with Crippen molar-refractivity contribution in [2.75, 3.05) is 37.6 Å². The van der Waals surface area contributed by atoms with E-state index in [2.05, 4.69) is 27.1 Å². The quantitative estimate of drug-likeness (QED) is 0.492. The number of rotatable bonds is 8. The Morgan fingerprint density at radius 2 is 1.67 bits per heavy atom. The maximum atomic E-state index is 15.6. The van der Waals surface area contributed by atoms with Crippen molar-refractivity contribution in [1.82, 2.24) is 10.2 Å². The minimum atomic E-state index is -4.80. The molecular formula is C27H33F4N3O2. The fraction of sp³-hybridized carbons (Fsp3) is 0.519. The minimum Gasteiger partial charge on any atom is -0.406 e. The number of likely N-dealkylation sites (tertiary alicyclic amines) is 1. The van der Waals surface area contributed by atoms with E-state index in [9.17, 15) is 18.0 Å². The molecule has 0 radical (unpaired) electrons. The van der Waals surface area contributed by atoms with Crippen LogP contribution in [0.3, 0.4) is 0 Å². The third kappa shape index (κ3) is 7.20. The second-order valence-electron chi connectivity index (χ2n) is 9.71. The van der Waals surface area contributed by atoms with Crippen molar-refractivity contribution in [2.45, 2.75) is 50.7 Å². The second-order valence-corrected chi connectivity index (χ2v) is 9.71. The molecule has 5 nitrogen and oxygen atoms in total. The van der Waals surface area contributed by atoms with Gasteiger partial charge in [-0.1, -0.05) is 30.3 Å². The van der Waals surface area contributed by atoms with Gasteiger partial charge >= 0.3 is 6.36 Å². The molecular weight excluding hydrogens is 474 g/mol. The summed E-state index contributed by atoms with van der Waals surface area (Å²) >= 11 is 0. The van der Waals surface area contributed by atoms with Crippen molar-refractivity contribution in [3.05, 3.63) is 60.2 Å². The van der Waals surface area contributed by atoms with Crippen LogP contribution in [0.25, 0.3) is 0 Å². The number of amides is 1. The molecule has 2 heterocycles. The van der Waals surface area contributed by atoms with Gasteiger partial charge in [-0.2, -0.15) is 0 Å². The second kappa shape index (κ2) is 11.6. The highest BCUT2D eigenvalue weighted by atomic mass is 19.4. The molecule has 9 heteroatoms. The number of hydrogen-bond acceptors (Lipinski definition) is 4. The van der Waals surface area contributed by atoms with Gasteiger partial charge in [0.15, 0.2) is 5.67 Å². The number of nitrogens with zero attached hydrogens (tertiary/aromatic N) is 2. The summed E-state index contributed by atoms with van der Waals surface area (Å²) in [7, 11) is 0. The number of ether oxygens (including phenoxy) is 1. The van der Waals surface area contributed by atoms with Crippen LogP contribution >= 0.6 is 0 Å². The number of piperidine rings is 2. The van der Waals surface area contributed by atoms with Gasteiger partial charge in [0, 0.05) is 31.6 Å². The number of nitrogens with one attached hydrogen (secondary N) is 1. The van der Waals surface area contributed by atoms with Crippen molar-refractivity contribution in [2.24, 2.45) is 5.92 Å². The molecule has 0 saturated carbocycles. The van der Waals surface area contributed by atoms with Gasteiger partial charge in [0.25, 0.3) is 5.91 Å². The number of anilines is 1. The third-order valence-electron chi connectivity index (χ3n) is 7.12. The summed E-state index contributed by atoms with van der Waals surface area (Å²) in [5, 5.41) is 3.07. The van der Waals surface area contributed by atoms with Crippen LogP contribution < -0.4 is 15.0 Å². The molecule has 0 unspecified atom stereocenters.